The van der Waals surface area contributed by atoms with Crippen LogP contribution in [-0.2, 0) is 6.54 Å². The van der Waals surface area contributed by atoms with Crippen LogP contribution in [0.25, 0.3) is 10.2 Å². The van der Waals surface area contributed by atoms with Gasteiger partial charge in [0.15, 0.2) is 0 Å². The summed E-state index contributed by atoms with van der Waals surface area (Å²) in [4.78, 5) is 17.3. The van der Waals surface area contributed by atoms with Gasteiger partial charge in [0.2, 0.25) is 0 Å². The molecule has 0 unspecified atom stereocenters. The van der Waals surface area contributed by atoms with Crippen molar-refractivity contribution in [2.24, 2.45) is 5.73 Å². The fraction of sp³-hybridized carbons (Fsp3) is 0.400. The topological polar surface area (TPSA) is 60.9 Å². The summed E-state index contributed by atoms with van der Waals surface area (Å²) < 4.78 is 1.73. The van der Waals surface area contributed by atoms with Gasteiger partial charge in [-0.05, 0) is 24.3 Å². The summed E-state index contributed by atoms with van der Waals surface area (Å²) in [6, 6.07) is 1.75. The Morgan fingerprint density at radius 1 is 1.60 bits per heavy atom. The SMILES string of the molecule is N[C@H]1CCCn2c1nc1sccc1c2=O. The highest BCUT2D eigenvalue weighted by Gasteiger charge is 2.20. The molecule has 0 spiro atoms. The number of fused-ring (bicyclic) bond motifs is 2. The van der Waals surface area contributed by atoms with Gasteiger partial charge in [-0.15, -0.1) is 11.3 Å². The molecule has 78 valence electrons. The zero-order valence-corrected chi connectivity index (χ0v) is 8.96. The summed E-state index contributed by atoms with van der Waals surface area (Å²) in [5.74, 6) is 0.751. The molecule has 0 saturated heterocycles. The van der Waals surface area contributed by atoms with E-state index in [1.807, 2.05) is 11.4 Å². The van der Waals surface area contributed by atoms with Gasteiger partial charge >= 0.3 is 0 Å². The highest BCUT2D eigenvalue weighted by atomic mass is 32.1. The predicted octanol–water partition coefficient (Wildman–Crippen LogP) is 1.25. The summed E-state index contributed by atoms with van der Waals surface area (Å²) in [6.07, 6.45) is 1.88. The Morgan fingerprint density at radius 2 is 2.47 bits per heavy atom. The van der Waals surface area contributed by atoms with E-state index in [1.165, 1.54) is 11.3 Å². The lowest BCUT2D eigenvalue weighted by Crippen LogP contribution is -2.32. The Balaban J connectivity index is 2.41. The molecule has 2 aromatic rings. The van der Waals surface area contributed by atoms with Crippen LogP contribution in [-0.4, -0.2) is 9.55 Å². The minimum absolute atomic E-state index is 0.0615. The highest BCUT2D eigenvalue weighted by molar-refractivity contribution is 7.16. The lowest BCUT2D eigenvalue weighted by atomic mass is 10.1. The summed E-state index contributed by atoms with van der Waals surface area (Å²) in [6.45, 7) is 0.751. The maximum atomic E-state index is 12.1. The number of hydrogen-bond acceptors (Lipinski definition) is 4. The van der Waals surface area contributed by atoms with Gasteiger partial charge in [0.05, 0.1) is 11.4 Å². The van der Waals surface area contributed by atoms with Gasteiger partial charge in [0, 0.05) is 6.54 Å². The van der Waals surface area contributed by atoms with Gasteiger partial charge in [0.1, 0.15) is 10.7 Å². The van der Waals surface area contributed by atoms with Crippen LogP contribution in [0.3, 0.4) is 0 Å². The first-order valence-electron chi connectivity index (χ1n) is 5.01. The quantitative estimate of drug-likeness (QED) is 0.728. The summed E-state index contributed by atoms with van der Waals surface area (Å²) in [7, 11) is 0. The van der Waals surface area contributed by atoms with Crippen molar-refractivity contribution in [3.05, 3.63) is 27.6 Å². The lowest BCUT2D eigenvalue weighted by molar-refractivity contribution is 0.436. The van der Waals surface area contributed by atoms with E-state index in [2.05, 4.69) is 4.98 Å². The maximum absolute atomic E-state index is 12.1. The van der Waals surface area contributed by atoms with E-state index in [9.17, 15) is 4.79 Å². The molecule has 0 radical (unpaired) electrons. The van der Waals surface area contributed by atoms with Crippen molar-refractivity contribution < 1.29 is 0 Å². The van der Waals surface area contributed by atoms with Crippen molar-refractivity contribution in [1.29, 1.82) is 0 Å². The Hall–Kier alpha value is -1.20. The largest absolute Gasteiger partial charge is 0.321 e. The predicted molar refractivity (Wildman–Crippen MR) is 60.0 cm³/mol. The molecule has 0 saturated carbocycles. The number of nitrogens with two attached hydrogens (primary N) is 1. The van der Waals surface area contributed by atoms with Crippen molar-refractivity contribution in [1.82, 2.24) is 9.55 Å². The second-order valence-electron chi connectivity index (χ2n) is 3.81. The molecule has 3 heterocycles. The van der Waals surface area contributed by atoms with E-state index in [0.717, 1.165) is 35.4 Å². The Labute approximate surface area is 90.4 Å². The molecule has 0 fully saturated rings. The summed E-state index contributed by atoms with van der Waals surface area (Å²) >= 11 is 1.50. The molecule has 1 aliphatic heterocycles. The van der Waals surface area contributed by atoms with Gasteiger partial charge in [-0.1, -0.05) is 0 Å². The van der Waals surface area contributed by atoms with Crippen molar-refractivity contribution in [3.63, 3.8) is 0 Å². The monoisotopic (exact) mass is 221 g/mol. The van der Waals surface area contributed by atoms with Crippen LogP contribution in [0.4, 0.5) is 0 Å². The number of nitrogens with zero attached hydrogens (tertiary/aromatic N) is 2. The van der Waals surface area contributed by atoms with E-state index in [-0.39, 0.29) is 11.6 Å². The standard InChI is InChI=1S/C10H11N3OS/c11-7-2-1-4-13-8(7)12-9-6(10(13)14)3-5-15-9/h3,5,7H,1-2,4,11H2/t7-/m0/s1. The van der Waals surface area contributed by atoms with E-state index in [0.29, 0.717) is 0 Å². The molecule has 5 heteroatoms. The fourth-order valence-corrected chi connectivity index (χ4v) is 2.82. The zero-order valence-electron chi connectivity index (χ0n) is 8.14. The second-order valence-corrected chi connectivity index (χ2v) is 4.71. The minimum Gasteiger partial charge on any atom is -0.321 e. The van der Waals surface area contributed by atoms with Gasteiger partial charge in [-0.25, -0.2) is 4.98 Å². The van der Waals surface area contributed by atoms with Crippen LogP contribution in [0, 0.1) is 0 Å². The van der Waals surface area contributed by atoms with Crippen LogP contribution in [0.1, 0.15) is 24.7 Å². The van der Waals surface area contributed by atoms with Crippen LogP contribution in [0.5, 0.6) is 0 Å². The van der Waals surface area contributed by atoms with Crippen LogP contribution in [0.2, 0.25) is 0 Å². The van der Waals surface area contributed by atoms with Gasteiger partial charge in [-0.3, -0.25) is 9.36 Å². The average molecular weight is 221 g/mol. The summed E-state index contributed by atoms with van der Waals surface area (Å²) in [5, 5.41) is 2.62. The highest BCUT2D eigenvalue weighted by Crippen LogP contribution is 2.23. The molecule has 4 nitrogen and oxygen atoms in total. The Bertz CT molecular complexity index is 572. The zero-order chi connectivity index (χ0) is 10.4. The second kappa shape index (κ2) is 3.15. The Morgan fingerprint density at radius 3 is 3.33 bits per heavy atom. The van der Waals surface area contributed by atoms with E-state index >= 15 is 0 Å². The van der Waals surface area contributed by atoms with E-state index in [1.54, 1.807) is 4.57 Å². The molecular formula is C10H11N3OS. The van der Waals surface area contributed by atoms with Crippen molar-refractivity contribution in [2.45, 2.75) is 25.4 Å². The molecule has 1 atom stereocenters. The third-order valence-electron chi connectivity index (χ3n) is 2.84. The minimum atomic E-state index is -0.0852. The molecular weight excluding hydrogens is 210 g/mol. The maximum Gasteiger partial charge on any atom is 0.262 e. The first-order chi connectivity index (χ1) is 7.27. The number of hydrogen-bond donors (Lipinski definition) is 1. The molecule has 1 aliphatic rings. The lowest BCUT2D eigenvalue weighted by Gasteiger charge is -2.22. The molecule has 2 N–H and O–H groups in total. The molecule has 2 aromatic heterocycles. The van der Waals surface area contributed by atoms with Gasteiger partial charge < -0.3 is 5.73 Å². The number of rotatable bonds is 0. The van der Waals surface area contributed by atoms with Crippen LogP contribution < -0.4 is 11.3 Å². The first kappa shape index (κ1) is 9.06. The molecule has 3 rings (SSSR count). The Kier molecular flexibility index (Phi) is 1.90. The summed E-state index contributed by atoms with van der Waals surface area (Å²) in [5.41, 5.74) is 6.02. The average Bonchev–Trinajstić information content (AvgIpc) is 2.68. The van der Waals surface area contributed by atoms with Gasteiger partial charge in [-0.2, -0.15) is 0 Å². The van der Waals surface area contributed by atoms with Gasteiger partial charge in [0.25, 0.3) is 5.56 Å². The molecule has 0 bridgehead atoms. The number of aromatic nitrogens is 2. The van der Waals surface area contributed by atoms with Crippen molar-refractivity contribution in [2.75, 3.05) is 0 Å². The molecule has 15 heavy (non-hydrogen) atoms. The molecule has 0 amide bonds. The third-order valence-corrected chi connectivity index (χ3v) is 3.65. The molecule has 0 aliphatic carbocycles. The normalized spacial score (nSPS) is 20.5. The fourth-order valence-electron chi connectivity index (χ4n) is 2.06. The number of thiophene rings is 1. The smallest absolute Gasteiger partial charge is 0.262 e. The van der Waals surface area contributed by atoms with E-state index < -0.39 is 0 Å². The molecule has 0 aromatic carbocycles. The van der Waals surface area contributed by atoms with E-state index in [4.69, 9.17) is 5.73 Å². The van der Waals surface area contributed by atoms with Crippen LogP contribution >= 0.6 is 11.3 Å². The van der Waals surface area contributed by atoms with Crippen LogP contribution in [0.15, 0.2) is 16.2 Å². The first-order valence-corrected chi connectivity index (χ1v) is 5.89. The van der Waals surface area contributed by atoms with Crippen molar-refractivity contribution in [3.8, 4) is 0 Å². The van der Waals surface area contributed by atoms with Crippen molar-refractivity contribution >= 4 is 21.6 Å². The third kappa shape index (κ3) is 1.23.